The molecular formula is C28H35ClN2O7. The molecule has 6 rings (SSSR count). The van der Waals surface area contributed by atoms with Gasteiger partial charge in [0.1, 0.15) is 6.04 Å². The summed E-state index contributed by atoms with van der Waals surface area (Å²) in [6.07, 6.45) is 1.79. The van der Waals surface area contributed by atoms with E-state index in [1.165, 1.54) is 4.90 Å². The quantitative estimate of drug-likeness (QED) is 0.366. The fraction of sp³-hybridized carbons (Fsp3) is 0.679. The van der Waals surface area contributed by atoms with Crippen LogP contribution < -0.4 is 0 Å². The van der Waals surface area contributed by atoms with Crippen molar-refractivity contribution in [1.29, 1.82) is 5.26 Å². The monoisotopic (exact) mass is 546 g/mol. The average Bonchev–Trinajstić information content (AvgIpc) is 3.13. The zero-order valence-electron chi connectivity index (χ0n) is 22.2. The maximum absolute atomic E-state index is 12.9. The highest BCUT2D eigenvalue weighted by molar-refractivity contribution is 6.30. The van der Waals surface area contributed by atoms with Crippen LogP contribution in [0.3, 0.4) is 0 Å². The van der Waals surface area contributed by atoms with Crippen LogP contribution in [0.25, 0.3) is 0 Å². The van der Waals surface area contributed by atoms with E-state index in [0.717, 1.165) is 19.3 Å². The molecule has 9 atom stereocenters. The number of nitrogens with zero attached hydrogens (tertiary/aromatic N) is 2. The van der Waals surface area contributed by atoms with Crippen LogP contribution in [0.4, 0.5) is 0 Å². The Morgan fingerprint density at radius 2 is 1.89 bits per heavy atom. The number of fused-ring (bicyclic) bond motifs is 2. The molecule has 38 heavy (non-hydrogen) atoms. The van der Waals surface area contributed by atoms with Crippen molar-refractivity contribution in [3.05, 3.63) is 34.9 Å². The van der Waals surface area contributed by atoms with Crippen molar-refractivity contribution in [1.82, 2.24) is 4.90 Å². The van der Waals surface area contributed by atoms with Gasteiger partial charge in [-0.2, -0.15) is 5.26 Å². The smallest absolute Gasteiger partial charge is 0.308 e. The highest BCUT2D eigenvalue weighted by atomic mass is 35.5. The van der Waals surface area contributed by atoms with Gasteiger partial charge in [-0.3, -0.25) is 9.59 Å². The van der Waals surface area contributed by atoms with E-state index in [9.17, 15) is 14.9 Å². The predicted octanol–water partition coefficient (Wildman–Crippen LogP) is 4.89. The van der Waals surface area contributed by atoms with Gasteiger partial charge in [0.05, 0.1) is 12.5 Å². The number of amides is 1. The number of ether oxygens (including phenoxy) is 3. The third kappa shape index (κ3) is 4.71. The third-order valence-corrected chi connectivity index (χ3v) is 9.23. The van der Waals surface area contributed by atoms with Crippen molar-refractivity contribution in [3.8, 4) is 6.07 Å². The van der Waals surface area contributed by atoms with E-state index in [0.29, 0.717) is 22.9 Å². The summed E-state index contributed by atoms with van der Waals surface area (Å²) in [5.74, 6) is -1.25. The van der Waals surface area contributed by atoms with Crippen LogP contribution in [-0.2, 0) is 33.6 Å². The Morgan fingerprint density at radius 1 is 1.16 bits per heavy atom. The van der Waals surface area contributed by atoms with E-state index in [1.54, 1.807) is 31.3 Å². The standard InChI is InChI=1S/C28H35ClN2O7/c1-16-5-10-21-17(2)25(35-26-28(21)20(16)13-14-27(3,36-26)37-38-28)34-24(33)12-11-23(32)31(4)22(15-30)18-6-8-19(29)9-7-18/h6-9,16-17,20-22,25-26H,5,10-14H2,1-4H3/t16-,17-,20?,21?,22?,25-,26-,27+,28-/m1/s1. The van der Waals surface area contributed by atoms with E-state index in [2.05, 4.69) is 13.0 Å². The second-order valence-corrected chi connectivity index (χ2v) is 11.8. The van der Waals surface area contributed by atoms with Crippen LogP contribution in [0.1, 0.15) is 70.9 Å². The van der Waals surface area contributed by atoms with Crippen molar-refractivity contribution in [2.75, 3.05) is 7.05 Å². The first-order chi connectivity index (χ1) is 18.1. The largest absolute Gasteiger partial charge is 0.435 e. The molecule has 5 fully saturated rings. The molecule has 4 saturated heterocycles. The maximum Gasteiger partial charge on any atom is 0.308 e. The minimum Gasteiger partial charge on any atom is -0.435 e. The van der Waals surface area contributed by atoms with Crippen LogP contribution in [-0.4, -0.2) is 47.8 Å². The molecule has 1 aliphatic carbocycles. The van der Waals surface area contributed by atoms with Crippen LogP contribution >= 0.6 is 11.6 Å². The molecule has 206 valence electrons. The zero-order chi connectivity index (χ0) is 27.2. The van der Waals surface area contributed by atoms with Gasteiger partial charge in [0, 0.05) is 36.7 Å². The van der Waals surface area contributed by atoms with Gasteiger partial charge in [-0.15, -0.1) is 0 Å². The highest BCUT2D eigenvalue weighted by Gasteiger charge is 2.69. The second kappa shape index (κ2) is 10.4. The minimum absolute atomic E-state index is 0.0337. The lowest BCUT2D eigenvalue weighted by atomic mass is 9.58. The van der Waals surface area contributed by atoms with Crippen molar-refractivity contribution in [2.45, 2.75) is 89.3 Å². The molecule has 1 aromatic carbocycles. The van der Waals surface area contributed by atoms with E-state index in [1.807, 2.05) is 13.8 Å². The SMILES string of the molecule is C[C@@H]1CCC2[C@@H](C)[C@H](OC(=O)CCC(=O)N(C)C(C#N)c3ccc(Cl)cc3)O[C@@H]3O[C@]4(C)CCC1[C@@]23OO4. The summed E-state index contributed by atoms with van der Waals surface area (Å²) in [5, 5.41) is 10.2. The second-order valence-electron chi connectivity index (χ2n) is 11.4. The number of esters is 1. The van der Waals surface area contributed by atoms with Gasteiger partial charge in [-0.25, -0.2) is 9.78 Å². The summed E-state index contributed by atoms with van der Waals surface area (Å²) in [4.78, 5) is 38.9. The van der Waals surface area contributed by atoms with Crippen LogP contribution in [0.5, 0.6) is 0 Å². The summed E-state index contributed by atoms with van der Waals surface area (Å²) < 4.78 is 18.4. The molecule has 3 unspecified atom stereocenters. The van der Waals surface area contributed by atoms with E-state index in [-0.39, 0.29) is 36.5 Å². The molecule has 1 spiro atoms. The van der Waals surface area contributed by atoms with Gasteiger partial charge in [0.15, 0.2) is 11.9 Å². The number of benzene rings is 1. The van der Waals surface area contributed by atoms with Gasteiger partial charge in [-0.05, 0) is 55.7 Å². The van der Waals surface area contributed by atoms with Crippen molar-refractivity contribution in [2.24, 2.45) is 23.7 Å². The minimum atomic E-state index is -0.912. The molecule has 0 N–H and O–H groups in total. The number of halogens is 1. The molecular weight excluding hydrogens is 512 g/mol. The van der Waals surface area contributed by atoms with E-state index in [4.69, 9.17) is 35.6 Å². The average molecular weight is 547 g/mol. The van der Waals surface area contributed by atoms with Crippen LogP contribution in [0, 0.1) is 35.0 Å². The number of carbonyl (C=O) groups is 2. The van der Waals surface area contributed by atoms with Crippen molar-refractivity contribution >= 4 is 23.5 Å². The molecule has 1 saturated carbocycles. The van der Waals surface area contributed by atoms with Crippen molar-refractivity contribution in [3.63, 3.8) is 0 Å². The van der Waals surface area contributed by atoms with Crippen molar-refractivity contribution < 1.29 is 33.6 Å². The summed E-state index contributed by atoms with van der Waals surface area (Å²) in [6, 6.07) is 8.10. The maximum atomic E-state index is 12.9. The van der Waals surface area contributed by atoms with Crippen LogP contribution in [0.15, 0.2) is 24.3 Å². The number of nitriles is 1. The van der Waals surface area contributed by atoms with Gasteiger partial charge in [0.2, 0.25) is 18.0 Å². The Morgan fingerprint density at radius 3 is 2.61 bits per heavy atom. The lowest BCUT2D eigenvalue weighted by Gasteiger charge is -2.59. The summed E-state index contributed by atoms with van der Waals surface area (Å²) in [6.45, 7) is 6.09. The van der Waals surface area contributed by atoms with E-state index < -0.39 is 36.0 Å². The highest BCUT2D eigenvalue weighted by Crippen LogP contribution is 2.60. The molecule has 0 aromatic heterocycles. The lowest BCUT2D eigenvalue weighted by molar-refractivity contribution is -0.576. The number of hydrogen-bond acceptors (Lipinski definition) is 8. The lowest BCUT2D eigenvalue weighted by Crippen LogP contribution is -2.70. The van der Waals surface area contributed by atoms with Crippen LogP contribution in [0.2, 0.25) is 5.02 Å². The first-order valence-corrected chi connectivity index (χ1v) is 13.8. The Balaban J connectivity index is 1.22. The molecule has 2 bridgehead atoms. The summed E-state index contributed by atoms with van der Waals surface area (Å²) in [7, 11) is 1.55. The molecule has 4 heterocycles. The fourth-order valence-electron chi connectivity index (χ4n) is 6.75. The number of rotatable bonds is 6. The molecule has 9 nitrogen and oxygen atoms in total. The molecule has 0 radical (unpaired) electrons. The molecule has 1 aromatic rings. The van der Waals surface area contributed by atoms with Gasteiger partial charge in [0.25, 0.3) is 0 Å². The Kier molecular flexibility index (Phi) is 7.48. The molecule has 1 amide bonds. The van der Waals surface area contributed by atoms with Gasteiger partial charge < -0.3 is 19.1 Å². The van der Waals surface area contributed by atoms with E-state index >= 15 is 0 Å². The predicted molar refractivity (Wildman–Crippen MR) is 135 cm³/mol. The first kappa shape index (κ1) is 27.4. The molecule has 5 aliphatic rings. The number of hydrogen-bond donors (Lipinski definition) is 0. The van der Waals surface area contributed by atoms with Gasteiger partial charge in [-0.1, -0.05) is 37.6 Å². The Bertz CT molecular complexity index is 1110. The van der Waals surface area contributed by atoms with Gasteiger partial charge >= 0.3 is 5.97 Å². The fourth-order valence-corrected chi connectivity index (χ4v) is 6.88. The Hall–Kier alpha value is -2.22. The molecule has 4 aliphatic heterocycles. The normalized spacial score (nSPS) is 38.3. The molecule has 10 heteroatoms. The zero-order valence-corrected chi connectivity index (χ0v) is 23.0. The Labute approximate surface area is 228 Å². The first-order valence-electron chi connectivity index (χ1n) is 13.4. The topological polar surface area (TPSA) is 107 Å². The third-order valence-electron chi connectivity index (χ3n) is 8.98. The summed E-state index contributed by atoms with van der Waals surface area (Å²) in [5.41, 5.74) is -0.0887. The number of carbonyl (C=O) groups excluding carboxylic acids is 2. The summed E-state index contributed by atoms with van der Waals surface area (Å²) >= 11 is 5.94.